The minimum Gasteiger partial charge on any atom is -0.315 e. The molecule has 1 aliphatic rings. The van der Waals surface area contributed by atoms with Crippen LogP contribution in [0.1, 0.15) is 16.1 Å². The third kappa shape index (κ3) is 1.93. The van der Waals surface area contributed by atoms with E-state index >= 15 is 0 Å². The molecule has 0 fully saturated rings. The van der Waals surface area contributed by atoms with Gasteiger partial charge in [0.1, 0.15) is 5.69 Å². The molecule has 5 heteroatoms. The molecule has 1 aliphatic heterocycles. The normalized spacial score (nSPS) is 13.7. The molecule has 0 unspecified atom stereocenters. The lowest BCUT2D eigenvalue weighted by Crippen LogP contribution is -2.09. The van der Waals surface area contributed by atoms with Gasteiger partial charge in [-0.25, -0.2) is 4.98 Å². The quantitative estimate of drug-likeness (QED) is 0.800. The van der Waals surface area contributed by atoms with E-state index in [-0.39, 0.29) is 5.78 Å². The van der Waals surface area contributed by atoms with E-state index in [2.05, 4.69) is 20.9 Å². The van der Waals surface area contributed by atoms with Crippen LogP contribution in [-0.2, 0) is 6.54 Å². The summed E-state index contributed by atoms with van der Waals surface area (Å²) in [6.45, 7) is 0.873. The third-order valence-corrected chi connectivity index (χ3v) is 4.20. The number of halogens is 1. The number of thioether (sulfide) groups is 1. The summed E-state index contributed by atoms with van der Waals surface area (Å²) >= 11 is 5.06. The van der Waals surface area contributed by atoms with Crippen LogP contribution in [0.15, 0.2) is 40.1 Å². The van der Waals surface area contributed by atoms with Crippen molar-refractivity contribution >= 4 is 33.5 Å². The van der Waals surface area contributed by atoms with Crippen molar-refractivity contribution in [3.8, 4) is 0 Å². The van der Waals surface area contributed by atoms with Gasteiger partial charge in [-0.3, -0.25) is 4.79 Å². The van der Waals surface area contributed by atoms with Crippen LogP contribution in [-0.4, -0.2) is 21.1 Å². The van der Waals surface area contributed by atoms with Crippen molar-refractivity contribution in [1.82, 2.24) is 9.55 Å². The van der Waals surface area contributed by atoms with Crippen molar-refractivity contribution in [3.63, 3.8) is 0 Å². The number of hydrogen-bond donors (Lipinski definition) is 0. The molecule has 0 N–H and O–H groups in total. The van der Waals surface area contributed by atoms with Crippen molar-refractivity contribution in [2.45, 2.75) is 11.7 Å². The number of carbonyl (C=O) groups excluding carboxylic acids is 1. The summed E-state index contributed by atoms with van der Waals surface area (Å²) in [6, 6.07) is 7.41. The fourth-order valence-electron chi connectivity index (χ4n) is 1.85. The zero-order chi connectivity index (χ0) is 11.8. The summed E-state index contributed by atoms with van der Waals surface area (Å²) in [4.78, 5) is 16.5. The second kappa shape index (κ2) is 4.31. The average molecular weight is 309 g/mol. The molecule has 2 aromatic rings. The monoisotopic (exact) mass is 308 g/mol. The van der Waals surface area contributed by atoms with Crippen LogP contribution < -0.4 is 0 Å². The van der Waals surface area contributed by atoms with Gasteiger partial charge >= 0.3 is 0 Å². The summed E-state index contributed by atoms with van der Waals surface area (Å²) in [7, 11) is 0. The number of fused-ring (bicyclic) bond motifs is 1. The fourth-order valence-corrected chi connectivity index (χ4v) is 3.04. The highest BCUT2D eigenvalue weighted by Gasteiger charge is 2.21. The van der Waals surface area contributed by atoms with Crippen LogP contribution in [0.3, 0.4) is 0 Å². The highest BCUT2D eigenvalue weighted by Crippen LogP contribution is 2.26. The number of imidazole rings is 1. The zero-order valence-electron chi connectivity index (χ0n) is 8.89. The van der Waals surface area contributed by atoms with E-state index < -0.39 is 0 Å². The maximum absolute atomic E-state index is 12.3. The molecule has 86 valence electrons. The molecular weight excluding hydrogens is 300 g/mol. The second-order valence-electron chi connectivity index (χ2n) is 3.76. The Morgan fingerprint density at radius 2 is 2.12 bits per heavy atom. The van der Waals surface area contributed by atoms with Crippen molar-refractivity contribution in [1.29, 1.82) is 0 Å². The van der Waals surface area contributed by atoms with Crippen LogP contribution in [0.4, 0.5) is 0 Å². The molecule has 0 saturated heterocycles. The Hall–Kier alpha value is -1.07. The second-order valence-corrected chi connectivity index (χ2v) is 5.74. The van der Waals surface area contributed by atoms with Crippen LogP contribution in [0.25, 0.3) is 0 Å². The van der Waals surface area contributed by atoms with Gasteiger partial charge in [0.2, 0.25) is 5.78 Å². The highest BCUT2D eigenvalue weighted by molar-refractivity contribution is 9.10. The lowest BCUT2D eigenvalue weighted by Gasteiger charge is -2.03. The lowest BCUT2D eigenvalue weighted by atomic mass is 10.1. The van der Waals surface area contributed by atoms with E-state index in [0.29, 0.717) is 11.3 Å². The van der Waals surface area contributed by atoms with Crippen molar-refractivity contribution in [3.05, 3.63) is 46.2 Å². The average Bonchev–Trinajstić information content (AvgIpc) is 2.90. The van der Waals surface area contributed by atoms with Gasteiger partial charge in [-0.05, 0) is 24.3 Å². The zero-order valence-corrected chi connectivity index (χ0v) is 11.3. The molecule has 17 heavy (non-hydrogen) atoms. The summed E-state index contributed by atoms with van der Waals surface area (Å²) < 4.78 is 2.97. The third-order valence-electron chi connectivity index (χ3n) is 2.70. The first-order chi connectivity index (χ1) is 8.25. The molecule has 1 aromatic carbocycles. The standard InChI is InChI=1S/C12H9BrN2OS/c13-9-3-1-8(2-4-9)11(16)10-7-14-12-15(10)5-6-17-12/h1-4,7H,5-6H2. The van der Waals surface area contributed by atoms with E-state index in [9.17, 15) is 4.79 Å². The molecule has 0 amide bonds. The molecule has 0 aliphatic carbocycles. The molecule has 3 rings (SSSR count). The van der Waals surface area contributed by atoms with Gasteiger partial charge in [0.25, 0.3) is 0 Å². The van der Waals surface area contributed by atoms with Gasteiger partial charge < -0.3 is 4.57 Å². The van der Waals surface area contributed by atoms with Crippen LogP contribution in [0, 0.1) is 0 Å². The summed E-state index contributed by atoms with van der Waals surface area (Å²) in [5.74, 6) is 1.04. The summed E-state index contributed by atoms with van der Waals surface area (Å²) in [6.07, 6.45) is 1.67. The molecule has 0 bridgehead atoms. The van der Waals surface area contributed by atoms with E-state index in [1.807, 2.05) is 28.8 Å². The minimum atomic E-state index is 0.0405. The maximum Gasteiger partial charge on any atom is 0.211 e. The minimum absolute atomic E-state index is 0.0405. The van der Waals surface area contributed by atoms with Crippen molar-refractivity contribution < 1.29 is 4.79 Å². The van der Waals surface area contributed by atoms with Crippen LogP contribution >= 0.6 is 27.7 Å². The Kier molecular flexibility index (Phi) is 2.80. The number of aromatic nitrogens is 2. The number of benzene rings is 1. The molecule has 1 aromatic heterocycles. The lowest BCUT2D eigenvalue weighted by molar-refractivity contribution is 0.103. The molecule has 0 saturated carbocycles. The number of carbonyl (C=O) groups is 1. The molecule has 3 nitrogen and oxygen atoms in total. The summed E-state index contributed by atoms with van der Waals surface area (Å²) in [5, 5.41) is 0.950. The van der Waals surface area contributed by atoms with Crippen molar-refractivity contribution in [2.24, 2.45) is 0 Å². The number of ketones is 1. The van der Waals surface area contributed by atoms with Crippen LogP contribution in [0.5, 0.6) is 0 Å². The van der Waals surface area contributed by atoms with Gasteiger partial charge in [0.15, 0.2) is 5.16 Å². The molecule has 0 radical (unpaired) electrons. The smallest absolute Gasteiger partial charge is 0.211 e. The molecule has 0 spiro atoms. The number of rotatable bonds is 2. The Balaban J connectivity index is 1.99. The van der Waals surface area contributed by atoms with Crippen LogP contribution in [0.2, 0.25) is 0 Å². The molecule has 2 heterocycles. The predicted molar refractivity (Wildman–Crippen MR) is 70.5 cm³/mol. The Bertz CT molecular complexity index is 577. The number of nitrogens with zero attached hydrogens (tertiary/aromatic N) is 2. The first kappa shape index (κ1) is 11.0. The van der Waals surface area contributed by atoms with E-state index in [1.54, 1.807) is 18.0 Å². The van der Waals surface area contributed by atoms with Gasteiger partial charge in [-0.1, -0.05) is 27.7 Å². The highest BCUT2D eigenvalue weighted by atomic mass is 79.9. The molecule has 0 atom stereocenters. The SMILES string of the molecule is O=C(c1ccc(Br)cc1)c1cnc2n1CCS2. The fraction of sp³-hybridized carbons (Fsp3) is 0.167. The van der Waals surface area contributed by atoms with Gasteiger partial charge in [0.05, 0.1) is 6.20 Å². The van der Waals surface area contributed by atoms with E-state index in [4.69, 9.17) is 0 Å². The van der Waals surface area contributed by atoms with Gasteiger partial charge in [0, 0.05) is 22.3 Å². The first-order valence-corrected chi connectivity index (χ1v) is 7.02. The first-order valence-electron chi connectivity index (χ1n) is 5.24. The predicted octanol–water partition coefficient (Wildman–Crippen LogP) is 2.98. The van der Waals surface area contributed by atoms with Crippen molar-refractivity contribution in [2.75, 3.05) is 5.75 Å². The maximum atomic E-state index is 12.3. The molecular formula is C12H9BrN2OS. The topological polar surface area (TPSA) is 34.9 Å². The van der Waals surface area contributed by atoms with E-state index in [1.165, 1.54) is 0 Å². The van der Waals surface area contributed by atoms with E-state index in [0.717, 1.165) is 21.9 Å². The largest absolute Gasteiger partial charge is 0.315 e. The van der Waals surface area contributed by atoms with Gasteiger partial charge in [-0.15, -0.1) is 0 Å². The Labute approximate surface area is 111 Å². The number of hydrogen-bond acceptors (Lipinski definition) is 3. The Morgan fingerprint density at radius 1 is 1.35 bits per heavy atom. The summed E-state index contributed by atoms with van der Waals surface area (Å²) in [5.41, 5.74) is 1.39. The Morgan fingerprint density at radius 3 is 2.88 bits per heavy atom. The van der Waals surface area contributed by atoms with Gasteiger partial charge in [-0.2, -0.15) is 0 Å².